The van der Waals surface area contributed by atoms with Gasteiger partial charge in [-0.25, -0.2) is 0 Å². The van der Waals surface area contributed by atoms with Crippen molar-refractivity contribution < 1.29 is 15.0 Å². The highest BCUT2D eigenvalue weighted by Gasteiger charge is 2.19. The fraction of sp³-hybridized carbons (Fsp3) is 0.235. The molecule has 2 aromatic rings. The third-order valence-electron chi connectivity index (χ3n) is 3.37. The summed E-state index contributed by atoms with van der Waals surface area (Å²) in [6.07, 6.45) is -0.878. The molecule has 2 rings (SSSR count). The summed E-state index contributed by atoms with van der Waals surface area (Å²) in [6, 6.07) is 16.8. The van der Waals surface area contributed by atoms with Crippen molar-refractivity contribution in [2.45, 2.75) is 18.9 Å². The van der Waals surface area contributed by atoms with Crippen molar-refractivity contribution in [3.63, 3.8) is 0 Å². The minimum atomic E-state index is -0.878. The largest absolute Gasteiger partial charge is 0.393 e. The second kappa shape index (κ2) is 6.46. The van der Waals surface area contributed by atoms with Gasteiger partial charge in [-0.15, -0.1) is 0 Å². The van der Waals surface area contributed by atoms with Crippen molar-refractivity contribution in [3.05, 3.63) is 71.3 Å². The quantitative estimate of drug-likeness (QED) is 0.877. The number of hydrogen-bond donors (Lipinski definition) is 2. The number of rotatable bonds is 5. The first kappa shape index (κ1) is 14.4. The Morgan fingerprint density at radius 3 is 1.95 bits per heavy atom. The lowest BCUT2D eigenvalue weighted by Gasteiger charge is -2.16. The van der Waals surface area contributed by atoms with Crippen LogP contribution in [0.5, 0.6) is 0 Å². The highest BCUT2D eigenvalue weighted by Crippen LogP contribution is 2.26. The zero-order valence-corrected chi connectivity index (χ0v) is 11.4. The number of ketones is 1. The molecule has 2 atom stereocenters. The smallest absolute Gasteiger partial charge is 0.141 e. The highest BCUT2D eigenvalue weighted by atomic mass is 16.3. The van der Waals surface area contributed by atoms with E-state index >= 15 is 0 Å². The maximum absolute atomic E-state index is 11.9. The molecule has 0 spiro atoms. The molecule has 3 nitrogen and oxygen atoms in total. The van der Waals surface area contributed by atoms with E-state index in [1.165, 1.54) is 0 Å². The summed E-state index contributed by atoms with van der Waals surface area (Å²) in [7, 11) is 0. The summed E-state index contributed by atoms with van der Waals surface area (Å²) < 4.78 is 0. The second-order valence-electron chi connectivity index (χ2n) is 4.82. The van der Waals surface area contributed by atoms with E-state index in [1.807, 2.05) is 42.5 Å². The normalized spacial score (nSPS) is 13.8. The number of aliphatic hydroxyl groups excluding tert-OH is 2. The van der Waals surface area contributed by atoms with Gasteiger partial charge in [0.2, 0.25) is 0 Å². The van der Waals surface area contributed by atoms with Crippen molar-refractivity contribution in [2.75, 3.05) is 6.61 Å². The molecule has 1 unspecified atom stereocenters. The van der Waals surface area contributed by atoms with Crippen LogP contribution in [0.1, 0.15) is 35.6 Å². The average molecular weight is 270 g/mol. The summed E-state index contributed by atoms with van der Waals surface area (Å²) >= 11 is 0. The maximum atomic E-state index is 11.9. The van der Waals surface area contributed by atoms with E-state index in [4.69, 9.17) is 5.11 Å². The van der Waals surface area contributed by atoms with Crippen molar-refractivity contribution in [3.8, 4) is 0 Å². The van der Waals surface area contributed by atoms with E-state index in [9.17, 15) is 9.90 Å². The minimum absolute atomic E-state index is 0.0756. The Bertz CT molecular complexity index is 561. The Balaban J connectivity index is 2.34. The van der Waals surface area contributed by atoms with E-state index in [0.717, 1.165) is 11.1 Å². The third kappa shape index (κ3) is 3.13. The van der Waals surface area contributed by atoms with Crippen molar-refractivity contribution in [1.82, 2.24) is 0 Å². The highest BCUT2D eigenvalue weighted by molar-refractivity contribution is 5.86. The van der Waals surface area contributed by atoms with Gasteiger partial charge < -0.3 is 10.2 Å². The molecule has 0 radical (unpaired) electrons. The third-order valence-corrected chi connectivity index (χ3v) is 3.37. The first-order valence-corrected chi connectivity index (χ1v) is 6.57. The Labute approximate surface area is 118 Å². The molecule has 0 aliphatic rings. The van der Waals surface area contributed by atoms with Gasteiger partial charge in [0.25, 0.3) is 0 Å². The standard InChI is InChI=1S/C17H18O3/c1-12(19)17(14-5-3-2-4-6-14)15-9-7-13(8-10-15)16(20)11-18/h2-10,16-18,20H,11H2,1H3/t16-,17?/m0/s1. The molecule has 3 heteroatoms. The lowest BCUT2D eigenvalue weighted by atomic mass is 9.87. The van der Waals surface area contributed by atoms with Crippen LogP contribution < -0.4 is 0 Å². The molecule has 0 bridgehead atoms. The Hall–Kier alpha value is -1.97. The van der Waals surface area contributed by atoms with E-state index in [0.29, 0.717) is 5.56 Å². The Morgan fingerprint density at radius 1 is 0.950 bits per heavy atom. The lowest BCUT2D eigenvalue weighted by Crippen LogP contribution is -2.11. The van der Waals surface area contributed by atoms with Crippen LogP contribution in [0.2, 0.25) is 0 Å². The second-order valence-corrected chi connectivity index (χ2v) is 4.82. The van der Waals surface area contributed by atoms with E-state index < -0.39 is 6.10 Å². The molecule has 2 N–H and O–H groups in total. The Kier molecular flexibility index (Phi) is 4.66. The first-order valence-electron chi connectivity index (χ1n) is 6.57. The number of aliphatic hydroxyl groups is 2. The molecule has 20 heavy (non-hydrogen) atoms. The number of carbonyl (C=O) groups is 1. The van der Waals surface area contributed by atoms with Crippen LogP contribution in [-0.4, -0.2) is 22.6 Å². The summed E-state index contributed by atoms with van der Waals surface area (Å²) in [5.74, 6) is -0.219. The molecule has 0 saturated heterocycles. The molecular weight excluding hydrogens is 252 g/mol. The van der Waals surface area contributed by atoms with Crippen LogP contribution in [0.4, 0.5) is 0 Å². The fourth-order valence-electron chi connectivity index (χ4n) is 2.32. The van der Waals surface area contributed by atoms with Gasteiger partial charge >= 0.3 is 0 Å². The van der Waals surface area contributed by atoms with Crippen molar-refractivity contribution in [1.29, 1.82) is 0 Å². The lowest BCUT2D eigenvalue weighted by molar-refractivity contribution is -0.117. The van der Waals surface area contributed by atoms with Gasteiger partial charge in [0.1, 0.15) is 11.9 Å². The van der Waals surface area contributed by atoms with Gasteiger partial charge in [0, 0.05) is 0 Å². The van der Waals surface area contributed by atoms with E-state index in [1.54, 1.807) is 19.1 Å². The molecular formula is C17H18O3. The van der Waals surface area contributed by atoms with Crippen molar-refractivity contribution in [2.24, 2.45) is 0 Å². The van der Waals surface area contributed by atoms with Crippen LogP contribution in [0, 0.1) is 0 Å². The summed E-state index contributed by atoms with van der Waals surface area (Å²) in [4.78, 5) is 11.9. The van der Waals surface area contributed by atoms with Gasteiger partial charge in [-0.1, -0.05) is 54.6 Å². The van der Waals surface area contributed by atoms with E-state index in [2.05, 4.69) is 0 Å². The number of benzene rings is 2. The van der Waals surface area contributed by atoms with Gasteiger partial charge in [-0.2, -0.15) is 0 Å². The Morgan fingerprint density at radius 2 is 1.45 bits per heavy atom. The molecule has 0 fully saturated rings. The first-order chi connectivity index (χ1) is 9.63. The van der Waals surface area contributed by atoms with Crippen LogP contribution in [-0.2, 0) is 4.79 Å². The van der Waals surface area contributed by atoms with Gasteiger partial charge in [-0.3, -0.25) is 4.79 Å². The molecule has 0 aliphatic carbocycles. The van der Waals surface area contributed by atoms with E-state index in [-0.39, 0.29) is 18.3 Å². The van der Waals surface area contributed by atoms with Crippen LogP contribution in [0.15, 0.2) is 54.6 Å². The van der Waals surface area contributed by atoms with Gasteiger partial charge in [0.05, 0.1) is 12.5 Å². The van der Waals surface area contributed by atoms with Crippen LogP contribution in [0.3, 0.4) is 0 Å². The summed E-state index contributed by atoms with van der Waals surface area (Å²) in [5, 5.41) is 18.5. The molecule has 2 aromatic carbocycles. The van der Waals surface area contributed by atoms with Crippen LogP contribution in [0.25, 0.3) is 0 Å². The molecule has 0 aliphatic heterocycles. The molecule has 0 amide bonds. The maximum Gasteiger partial charge on any atom is 0.141 e. The minimum Gasteiger partial charge on any atom is -0.393 e. The van der Waals surface area contributed by atoms with Crippen molar-refractivity contribution >= 4 is 5.78 Å². The molecule has 0 heterocycles. The summed E-state index contributed by atoms with van der Waals surface area (Å²) in [5.41, 5.74) is 2.49. The fourth-order valence-corrected chi connectivity index (χ4v) is 2.32. The topological polar surface area (TPSA) is 57.5 Å². The molecule has 104 valence electrons. The number of carbonyl (C=O) groups excluding carboxylic acids is 1. The number of Topliss-reactive ketones (excluding diaryl/α,β-unsaturated/α-hetero) is 1. The SMILES string of the molecule is CC(=O)C(c1ccccc1)c1ccc([C@@H](O)CO)cc1. The van der Waals surface area contributed by atoms with Gasteiger partial charge in [-0.05, 0) is 23.6 Å². The number of hydrogen-bond acceptors (Lipinski definition) is 3. The molecule has 0 saturated carbocycles. The molecule has 0 aromatic heterocycles. The van der Waals surface area contributed by atoms with Crippen LogP contribution >= 0.6 is 0 Å². The summed E-state index contributed by atoms with van der Waals surface area (Å²) in [6.45, 7) is 1.27. The predicted molar refractivity (Wildman–Crippen MR) is 77.5 cm³/mol. The average Bonchev–Trinajstić information content (AvgIpc) is 2.48. The van der Waals surface area contributed by atoms with Gasteiger partial charge in [0.15, 0.2) is 0 Å². The zero-order valence-electron chi connectivity index (χ0n) is 11.4. The monoisotopic (exact) mass is 270 g/mol. The zero-order chi connectivity index (χ0) is 14.5. The predicted octanol–water partition coefficient (Wildman–Crippen LogP) is 2.43.